The number of piperazine rings is 1. The number of aromatic nitrogens is 4. The summed E-state index contributed by atoms with van der Waals surface area (Å²) < 4.78 is 7.33. The van der Waals surface area contributed by atoms with Crippen molar-refractivity contribution in [2.24, 2.45) is 0 Å². The molecule has 3 aromatic rings. The third-order valence-electron chi connectivity index (χ3n) is 4.96. The zero-order chi connectivity index (χ0) is 18.5. The van der Waals surface area contributed by atoms with Crippen molar-refractivity contribution in [2.75, 3.05) is 32.7 Å². The quantitative estimate of drug-likeness (QED) is 0.599. The fourth-order valence-electron chi connectivity index (χ4n) is 3.62. The van der Waals surface area contributed by atoms with E-state index < -0.39 is 0 Å². The zero-order valence-corrected chi connectivity index (χ0v) is 15.3. The molecule has 2 aromatic heterocycles. The van der Waals surface area contributed by atoms with Crippen molar-refractivity contribution in [3.05, 3.63) is 78.5 Å². The molecule has 0 radical (unpaired) electrons. The standard InChI is InChI=1S/C20H24N6O/c1-2-10-24-11-13-25(14-12-24)19(17-7-4-3-5-8-17)20-21-22-23-26(20)16-18-9-6-15-27-18/h2-9,15,19H,1,10-14,16H2/t19-/m0/s1. The van der Waals surface area contributed by atoms with Crippen molar-refractivity contribution < 1.29 is 4.42 Å². The Balaban J connectivity index is 1.62. The number of tetrazole rings is 1. The Bertz CT molecular complexity index is 837. The monoisotopic (exact) mass is 364 g/mol. The van der Waals surface area contributed by atoms with E-state index in [0.29, 0.717) is 6.54 Å². The molecule has 0 amide bonds. The van der Waals surface area contributed by atoms with Crippen LogP contribution in [0.1, 0.15) is 23.2 Å². The maximum absolute atomic E-state index is 5.49. The van der Waals surface area contributed by atoms with Gasteiger partial charge in [0.15, 0.2) is 5.82 Å². The highest BCUT2D eigenvalue weighted by molar-refractivity contribution is 5.25. The third-order valence-corrected chi connectivity index (χ3v) is 4.96. The summed E-state index contributed by atoms with van der Waals surface area (Å²) in [4.78, 5) is 4.87. The van der Waals surface area contributed by atoms with Gasteiger partial charge in [0.1, 0.15) is 12.3 Å². The van der Waals surface area contributed by atoms with Crippen LogP contribution >= 0.6 is 0 Å². The maximum Gasteiger partial charge on any atom is 0.173 e. The van der Waals surface area contributed by atoms with Gasteiger partial charge in [-0.15, -0.1) is 11.7 Å². The lowest BCUT2D eigenvalue weighted by atomic mass is 10.0. The predicted molar refractivity (Wildman–Crippen MR) is 102 cm³/mol. The minimum atomic E-state index is 0.0158. The van der Waals surface area contributed by atoms with Crippen LogP contribution < -0.4 is 0 Å². The highest BCUT2D eigenvalue weighted by atomic mass is 16.3. The summed E-state index contributed by atoms with van der Waals surface area (Å²) in [6.45, 7) is 9.24. The molecule has 1 aliphatic heterocycles. The lowest BCUT2D eigenvalue weighted by Gasteiger charge is -2.38. The van der Waals surface area contributed by atoms with Crippen LogP contribution in [-0.4, -0.2) is 62.7 Å². The fraction of sp³-hybridized carbons (Fsp3) is 0.350. The van der Waals surface area contributed by atoms with Crippen molar-refractivity contribution in [1.29, 1.82) is 0 Å². The molecule has 1 atom stereocenters. The maximum atomic E-state index is 5.49. The number of furan rings is 1. The Morgan fingerprint density at radius 2 is 1.89 bits per heavy atom. The lowest BCUT2D eigenvalue weighted by molar-refractivity contribution is 0.112. The minimum absolute atomic E-state index is 0.0158. The van der Waals surface area contributed by atoms with Gasteiger partial charge in [-0.2, -0.15) is 0 Å². The molecule has 0 bridgehead atoms. The largest absolute Gasteiger partial charge is 0.467 e. The van der Waals surface area contributed by atoms with Crippen molar-refractivity contribution in [3.8, 4) is 0 Å². The van der Waals surface area contributed by atoms with Crippen LogP contribution in [0.2, 0.25) is 0 Å². The summed E-state index contributed by atoms with van der Waals surface area (Å²) >= 11 is 0. The molecule has 7 nitrogen and oxygen atoms in total. The fourth-order valence-corrected chi connectivity index (χ4v) is 3.62. The van der Waals surface area contributed by atoms with Gasteiger partial charge in [0.2, 0.25) is 0 Å². The Labute approximate surface area is 158 Å². The molecule has 140 valence electrons. The van der Waals surface area contributed by atoms with Crippen LogP contribution in [0, 0.1) is 0 Å². The Hall–Kier alpha value is -2.77. The van der Waals surface area contributed by atoms with E-state index in [1.807, 2.05) is 29.0 Å². The molecule has 0 N–H and O–H groups in total. The van der Waals surface area contributed by atoms with Crippen LogP contribution in [0.15, 0.2) is 65.8 Å². The van der Waals surface area contributed by atoms with Crippen molar-refractivity contribution in [3.63, 3.8) is 0 Å². The van der Waals surface area contributed by atoms with E-state index in [4.69, 9.17) is 4.42 Å². The lowest BCUT2D eigenvalue weighted by Crippen LogP contribution is -2.48. The first-order valence-electron chi connectivity index (χ1n) is 9.26. The second-order valence-electron chi connectivity index (χ2n) is 6.71. The SMILES string of the molecule is C=CCN1CCN([C@@H](c2ccccc2)c2nnnn2Cc2ccco2)CC1. The normalized spacial score (nSPS) is 17.0. The van der Waals surface area contributed by atoms with Crippen molar-refractivity contribution in [1.82, 2.24) is 30.0 Å². The Kier molecular flexibility index (Phi) is 5.41. The number of benzene rings is 1. The smallest absolute Gasteiger partial charge is 0.173 e. The molecular formula is C20H24N6O. The Morgan fingerprint density at radius 1 is 1.07 bits per heavy atom. The zero-order valence-electron chi connectivity index (χ0n) is 15.3. The van der Waals surface area contributed by atoms with E-state index in [-0.39, 0.29) is 6.04 Å². The number of hydrogen-bond donors (Lipinski definition) is 0. The van der Waals surface area contributed by atoms with Gasteiger partial charge in [-0.05, 0) is 28.1 Å². The summed E-state index contributed by atoms with van der Waals surface area (Å²) in [6.07, 6.45) is 3.64. The highest BCUT2D eigenvalue weighted by Crippen LogP contribution is 2.28. The van der Waals surface area contributed by atoms with Gasteiger partial charge in [-0.3, -0.25) is 9.80 Å². The molecule has 3 heterocycles. The van der Waals surface area contributed by atoms with Crippen molar-refractivity contribution in [2.45, 2.75) is 12.6 Å². The molecule has 0 unspecified atom stereocenters. The van der Waals surface area contributed by atoms with Crippen LogP contribution in [0.3, 0.4) is 0 Å². The van der Waals surface area contributed by atoms with E-state index in [1.54, 1.807) is 6.26 Å². The van der Waals surface area contributed by atoms with Gasteiger partial charge in [-0.1, -0.05) is 36.4 Å². The average molecular weight is 364 g/mol. The second-order valence-corrected chi connectivity index (χ2v) is 6.71. The molecule has 1 fully saturated rings. The summed E-state index contributed by atoms with van der Waals surface area (Å²) in [5.74, 6) is 1.68. The highest BCUT2D eigenvalue weighted by Gasteiger charge is 2.30. The van der Waals surface area contributed by atoms with E-state index >= 15 is 0 Å². The van der Waals surface area contributed by atoms with E-state index in [9.17, 15) is 0 Å². The van der Waals surface area contributed by atoms with Crippen LogP contribution in [0.5, 0.6) is 0 Å². The first kappa shape index (κ1) is 17.6. The molecule has 1 saturated heterocycles. The Morgan fingerprint density at radius 3 is 2.59 bits per heavy atom. The van der Waals surface area contributed by atoms with Crippen molar-refractivity contribution >= 4 is 0 Å². The number of rotatable bonds is 7. The molecule has 4 rings (SSSR count). The molecule has 0 aliphatic carbocycles. The molecule has 1 aromatic carbocycles. The van der Waals surface area contributed by atoms with Crippen LogP contribution in [-0.2, 0) is 6.54 Å². The van der Waals surface area contributed by atoms with Gasteiger partial charge in [0.05, 0.1) is 12.3 Å². The van der Waals surface area contributed by atoms with Gasteiger partial charge in [0, 0.05) is 32.7 Å². The molecule has 1 aliphatic rings. The van der Waals surface area contributed by atoms with E-state index in [2.05, 4.69) is 56.2 Å². The molecule has 0 saturated carbocycles. The van der Waals surface area contributed by atoms with Gasteiger partial charge >= 0.3 is 0 Å². The molecule has 0 spiro atoms. The van der Waals surface area contributed by atoms with Gasteiger partial charge < -0.3 is 4.42 Å². The number of nitrogens with zero attached hydrogens (tertiary/aromatic N) is 6. The first-order valence-corrected chi connectivity index (χ1v) is 9.26. The number of hydrogen-bond acceptors (Lipinski definition) is 6. The van der Waals surface area contributed by atoms with Gasteiger partial charge in [-0.25, -0.2) is 4.68 Å². The predicted octanol–water partition coefficient (Wildman–Crippen LogP) is 2.21. The third kappa shape index (κ3) is 3.99. The summed E-state index contributed by atoms with van der Waals surface area (Å²) in [5.41, 5.74) is 1.20. The first-order chi connectivity index (χ1) is 13.3. The van der Waals surface area contributed by atoms with E-state index in [0.717, 1.165) is 44.3 Å². The molecule has 7 heteroatoms. The van der Waals surface area contributed by atoms with E-state index in [1.165, 1.54) is 5.56 Å². The average Bonchev–Trinajstić information content (AvgIpc) is 3.38. The second kappa shape index (κ2) is 8.28. The van der Waals surface area contributed by atoms with Crippen LogP contribution in [0.25, 0.3) is 0 Å². The van der Waals surface area contributed by atoms with Gasteiger partial charge in [0.25, 0.3) is 0 Å². The molecular weight excluding hydrogens is 340 g/mol. The van der Waals surface area contributed by atoms with Crippen LogP contribution in [0.4, 0.5) is 0 Å². The molecule has 27 heavy (non-hydrogen) atoms. The summed E-state index contributed by atoms with van der Waals surface area (Å²) in [5, 5.41) is 12.6. The summed E-state index contributed by atoms with van der Waals surface area (Å²) in [6, 6.07) is 14.3. The topological polar surface area (TPSA) is 63.2 Å². The summed E-state index contributed by atoms with van der Waals surface area (Å²) in [7, 11) is 0. The minimum Gasteiger partial charge on any atom is -0.467 e.